The van der Waals surface area contributed by atoms with Gasteiger partial charge in [-0.1, -0.05) is 37.6 Å². The molecule has 0 bridgehead atoms. The smallest absolute Gasteiger partial charge is 0.261 e. The number of anilines is 1. The molecule has 3 aromatic rings. The number of hydrogen-bond donors (Lipinski definition) is 2. The Morgan fingerprint density at radius 3 is 2.11 bits per heavy atom. The summed E-state index contributed by atoms with van der Waals surface area (Å²) in [6, 6.07) is 15.5. The Morgan fingerprint density at radius 2 is 1.51 bits per heavy atom. The highest BCUT2D eigenvalue weighted by Crippen LogP contribution is 2.32. The third-order valence-electron chi connectivity index (χ3n) is 6.13. The molecule has 3 aromatic carbocycles. The van der Waals surface area contributed by atoms with Crippen LogP contribution >= 0.6 is 0 Å². The molecular formula is C28H34N2O4S. The summed E-state index contributed by atoms with van der Waals surface area (Å²) >= 11 is 0. The van der Waals surface area contributed by atoms with Crippen LogP contribution in [0.25, 0.3) is 0 Å². The third kappa shape index (κ3) is 6.03. The number of rotatable bonds is 8. The van der Waals surface area contributed by atoms with Gasteiger partial charge in [0.15, 0.2) is 0 Å². The van der Waals surface area contributed by atoms with Crippen molar-refractivity contribution in [2.45, 2.75) is 58.4 Å². The average molecular weight is 495 g/mol. The SMILES string of the molecule is COc1cc(C)c(C(C)NC(=O)c2ccc(C)c(NS(=O)(=O)c3ccc(C)cc3)c2)cc1C(C)C. The molecule has 0 aliphatic heterocycles. The first-order valence-electron chi connectivity index (χ1n) is 11.6. The van der Waals surface area contributed by atoms with E-state index in [-0.39, 0.29) is 22.8 Å². The number of aryl methyl sites for hydroxylation is 3. The average Bonchev–Trinajstić information content (AvgIpc) is 2.80. The highest BCUT2D eigenvalue weighted by Gasteiger charge is 2.20. The van der Waals surface area contributed by atoms with Crippen LogP contribution in [0.3, 0.4) is 0 Å². The maximum Gasteiger partial charge on any atom is 0.261 e. The van der Waals surface area contributed by atoms with Gasteiger partial charge in [0.1, 0.15) is 5.75 Å². The summed E-state index contributed by atoms with van der Waals surface area (Å²) in [7, 11) is -2.12. The molecule has 0 fully saturated rings. The molecule has 0 radical (unpaired) electrons. The highest BCUT2D eigenvalue weighted by molar-refractivity contribution is 7.92. The van der Waals surface area contributed by atoms with Crippen LogP contribution in [-0.4, -0.2) is 21.4 Å². The molecule has 6 nitrogen and oxygen atoms in total. The number of amides is 1. The van der Waals surface area contributed by atoms with Crippen molar-refractivity contribution >= 4 is 21.6 Å². The molecule has 1 atom stereocenters. The molecule has 1 unspecified atom stereocenters. The summed E-state index contributed by atoms with van der Waals surface area (Å²) in [4.78, 5) is 13.3. The van der Waals surface area contributed by atoms with E-state index in [0.29, 0.717) is 11.3 Å². The Balaban J connectivity index is 1.84. The Morgan fingerprint density at radius 1 is 0.857 bits per heavy atom. The van der Waals surface area contributed by atoms with Crippen LogP contribution in [0.15, 0.2) is 59.5 Å². The van der Waals surface area contributed by atoms with E-state index >= 15 is 0 Å². The second-order valence-corrected chi connectivity index (χ2v) is 10.9. The number of ether oxygens (including phenoxy) is 1. The number of sulfonamides is 1. The lowest BCUT2D eigenvalue weighted by atomic mass is 9.93. The van der Waals surface area contributed by atoms with Crippen LogP contribution in [0.1, 0.15) is 70.9 Å². The largest absolute Gasteiger partial charge is 0.496 e. The second kappa shape index (κ2) is 10.5. The van der Waals surface area contributed by atoms with Gasteiger partial charge in [-0.05, 0) is 92.3 Å². The van der Waals surface area contributed by atoms with Crippen molar-refractivity contribution in [1.29, 1.82) is 0 Å². The fourth-order valence-electron chi connectivity index (χ4n) is 3.96. The van der Waals surface area contributed by atoms with Crippen molar-refractivity contribution < 1.29 is 17.9 Å². The topological polar surface area (TPSA) is 84.5 Å². The second-order valence-electron chi connectivity index (χ2n) is 9.25. The van der Waals surface area contributed by atoms with Crippen LogP contribution in [0, 0.1) is 20.8 Å². The number of nitrogens with one attached hydrogen (secondary N) is 2. The minimum atomic E-state index is -3.78. The van der Waals surface area contributed by atoms with E-state index in [4.69, 9.17) is 4.74 Å². The van der Waals surface area contributed by atoms with Gasteiger partial charge in [0.2, 0.25) is 0 Å². The molecule has 35 heavy (non-hydrogen) atoms. The molecular weight excluding hydrogens is 460 g/mol. The monoisotopic (exact) mass is 494 g/mol. The maximum absolute atomic E-state index is 13.1. The Kier molecular flexibility index (Phi) is 7.90. The van der Waals surface area contributed by atoms with Crippen LogP contribution in [0.2, 0.25) is 0 Å². The van der Waals surface area contributed by atoms with Crippen LogP contribution in [0.5, 0.6) is 5.75 Å². The third-order valence-corrected chi connectivity index (χ3v) is 7.51. The summed E-state index contributed by atoms with van der Waals surface area (Å²) in [6.45, 7) is 11.8. The lowest BCUT2D eigenvalue weighted by Gasteiger charge is -2.21. The summed E-state index contributed by atoms with van der Waals surface area (Å²) in [6.07, 6.45) is 0. The molecule has 0 heterocycles. The standard InChI is InChI=1S/C28H34N2O4S/c1-17(2)24-16-25(20(5)14-27(24)34-7)21(6)29-28(31)22-11-10-19(4)26(15-22)30-35(32,33)23-12-8-18(3)9-13-23/h8-17,21,30H,1-7H3,(H,29,31). The van der Waals surface area contributed by atoms with Crippen LogP contribution in [-0.2, 0) is 10.0 Å². The highest BCUT2D eigenvalue weighted by atomic mass is 32.2. The fraction of sp³-hybridized carbons (Fsp3) is 0.321. The van der Waals surface area contributed by atoms with Gasteiger partial charge >= 0.3 is 0 Å². The first-order chi connectivity index (χ1) is 16.4. The van der Waals surface area contributed by atoms with Gasteiger partial charge in [0, 0.05) is 5.56 Å². The quantitative estimate of drug-likeness (QED) is 0.400. The molecule has 7 heteroatoms. The van der Waals surface area contributed by atoms with Crippen molar-refractivity contribution in [2.24, 2.45) is 0 Å². The Bertz CT molecular complexity index is 1330. The summed E-state index contributed by atoms with van der Waals surface area (Å²) in [5.74, 6) is 0.826. The molecule has 0 saturated heterocycles. The zero-order chi connectivity index (χ0) is 25.9. The van der Waals surface area contributed by atoms with Crippen molar-refractivity contribution in [3.8, 4) is 5.75 Å². The fourth-order valence-corrected chi connectivity index (χ4v) is 5.08. The van der Waals surface area contributed by atoms with E-state index in [9.17, 15) is 13.2 Å². The normalized spacial score (nSPS) is 12.3. The lowest BCUT2D eigenvalue weighted by molar-refractivity contribution is 0.0940. The number of methoxy groups -OCH3 is 1. The summed E-state index contributed by atoms with van der Waals surface area (Å²) < 4.78 is 33.9. The Labute approximate surface area is 208 Å². The number of carbonyl (C=O) groups is 1. The Hall–Kier alpha value is -3.32. The summed E-state index contributed by atoms with van der Waals surface area (Å²) in [5, 5.41) is 3.05. The zero-order valence-electron chi connectivity index (χ0n) is 21.4. The van der Waals surface area contributed by atoms with Crippen molar-refractivity contribution in [2.75, 3.05) is 11.8 Å². The number of benzene rings is 3. The molecule has 0 aliphatic carbocycles. The van der Waals surface area contributed by atoms with Crippen LogP contribution < -0.4 is 14.8 Å². The van der Waals surface area contributed by atoms with Crippen LogP contribution in [0.4, 0.5) is 5.69 Å². The minimum Gasteiger partial charge on any atom is -0.496 e. The van der Waals surface area contributed by atoms with Crippen molar-refractivity contribution in [1.82, 2.24) is 5.32 Å². The molecule has 186 valence electrons. The first-order valence-corrected chi connectivity index (χ1v) is 13.1. The van der Waals surface area contributed by atoms with Gasteiger partial charge in [-0.3, -0.25) is 9.52 Å². The molecule has 0 spiro atoms. The molecule has 2 N–H and O–H groups in total. The van der Waals surface area contributed by atoms with E-state index in [1.165, 1.54) is 0 Å². The van der Waals surface area contributed by atoms with E-state index in [2.05, 4.69) is 30.0 Å². The van der Waals surface area contributed by atoms with Gasteiger partial charge in [-0.2, -0.15) is 0 Å². The van der Waals surface area contributed by atoms with E-state index < -0.39 is 10.0 Å². The van der Waals surface area contributed by atoms with Gasteiger partial charge in [-0.25, -0.2) is 8.42 Å². The predicted octanol–water partition coefficient (Wildman–Crippen LogP) is 6.04. The zero-order valence-corrected chi connectivity index (χ0v) is 22.2. The van der Waals surface area contributed by atoms with Crippen molar-refractivity contribution in [3.05, 3.63) is 88.0 Å². The molecule has 0 saturated carbocycles. The van der Waals surface area contributed by atoms with Gasteiger partial charge in [0.25, 0.3) is 15.9 Å². The van der Waals surface area contributed by atoms with Gasteiger partial charge in [0.05, 0.1) is 23.7 Å². The van der Waals surface area contributed by atoms with E-state index in [1.54, 1.807) is 56.5 Å². The van der Waals surface area contributed by atoms with E-state index in [0.717, 1.165) is 33.6 Å². The minimum absolute atomic E-state index is 0.168. The molecule has 0 aromatic heterocycles. The summed E-state index contributed by atoms with van der Waals surface area (Å²) in [5.41, 5.74) is 5.55. The molecule has 3 rings (SSSR count). The van der Waals surface area contributed by atoms with Gasteiger partial charge in [-0.15, -0.1) is 0 Å². The first kappa shape index (κ1) is 26.3. The van der Waals surface area contributed by atoms with Crippen molar-refractivity contribution in [3.63, 3.8) is 0 Å². The molecule has 0 aliphatic rings. The number of carbonyl (C=O) groups excluding carboxylic acids is 1. The van der Waals surface area contributed by atoms with Gasteiger partial charge < -0.3 is 10.1 Å². The number of hydrogen-bond acceptors (Lipinski definition) is 4. The maximum atomic E-state index is 13.1. The predicted molar refractivity (Wildman–Crippen MR) is 141 cm³/mol. The molecule has 1 amide bonds. The van der Waals surface area contributed by atoms with E-state index in [1.807, 2.05) is 26.8 Å². The lowest BCUT2D eigenvalue weighted by Crippen LogP contribution is -2.27.